The van der Waals surface area contributed by atoms with Gasteiger partial charge in [0.25, 0.3) is 15.7 Å². The normalized spacial score (nSPS) is 20.2. The zero-order valence-electron chi connectivity index (χ0n) is 19.6. The maximum atomic E-state index is 13.3. The number of halogens is 1. The number of sulfonamides is 1. The zero-order valence-corrected chi connectivity index (χ0v) is 21.1. The first-order valence-corrected chi connectivity index (χ1v) is 13.2. The Bertz CT molecular complexity index is 1510. The number of rotatable bonds is 6. The molecule has 0 fully saturated rings. The molecule has 10 heteroatoms. The molecule has 1 heterocycles. The van der Waals surface area contributed by atoms with Crippen molar-refractivity contribution in [3.63, 3.8) is 0 Å². The van der Waals surface area contributed by atoms with Gasteiger partial charge >= 0.3 is 0 Å². The first kappa shape index (κ1) is 24.1. The highest BCUT2D eigenvalue weighted by atomic mass is 35.5. The Kier molecular flexibility index (Phi) is 6.13. The Morgan fingerprint density at radius 1 is 1.11 bits per heavy atom. The Balaban J connectivity index is 1.51. The van der Waals surface area contributed by atoms with Gasteiger partial charge in [-0.1, -0.05) is 29.8 Å². The minimum absolute atomic E-state index is 0.0244. The number of allylic oxidation sites excluding steroid dienone is 2. The second-order valence-electron chi connectivity index (χ2n) is 9.00. The average Bonchev–Trinajstić information content (AvgIpc) is 3.34. The molecule has 2 N–H and O–H groups in total. The van der Waals surface area contributed by atoms with Gasteiger partial charge in [-0.2, -0.15) is 0 Å². The van der Waals surface area contributed by atoms with Gasteiger partial charge in [-0.25, -0.2) is 8.42 Å². The van der Waals surface area contributed by atoms with Crippen LogP contribution in [0.2, 0.25) is 5.02 Å². The van der Waals surface area contributed by atoms with Crippen LogP contribution < -0.4 is 14.8 Å². The van der Waals surface area contributed by atoms with Crippen LogP contribution in [0.5, 0.6) is 5.75 Å². The molecule has 2 aliphatic rings. The monoisotopic (exact) mass is 525 g/mol. The van der Waals surface area contributed by atoms with Gasteiger partial charge < -0.3 is 10.1 Å². The van der Waals surface area contributed by atoms with Gasteiger partial charge in [0, 0.05) is 34.3 Å². The summed E-state index contributed by atoms with van der Waals surface area (Å²) in [6, 6.07) is 14.4. The number of non-ortho nitro benzene ring substituents is 1. The van der Waals surface area contributed by atoms with Crippen molar-refractivity contribution in [2.24, 2.45) is 5.92 Å². The van der Waals surface area contributed by atoms with E-state index in [1.807, 2.05) is 13.0 Å². The summed E-state index contributed by atoms with van der Waals surface area (Å²) in [5, 5.41) is 15.3. The van der Waals surface area contributed by atoms with E-state index in [0.717, 1.165) is 23.2 Å². The Labute approximate surface area is 214 Å². The molecule has 0 bridgehead atoms. The maximum absolute atomic E-state index is 13.3. The molecule has 36 heavy (non-hydrogen) atoms. The fourth-order valence-electron chi connectivity index (χ4n) is 5.04. The highest BCUT2D eigenvalue weighted by Crippen LogP contribution is 2.51. The third-order valence-corrected chi connectivity index (χ3v) is 8.48. The molecular weight excluding hydrogens is 502 g/mol. The molecule has 3 atom stereocenters. The molecule has 0 aromatic heterocycles. The SMILES string of the molecule is COc1ccc(C)cc1NS(=O)(=O)c1ccc2c(c1)[C@H]1C=CC[C@H]1[C@@H](c1cc([N+](=O)[O-])ccc1Cl)N2. The van der Waals surface area contributed by atoms with E-state index in [9.17, 15) is 18.5 Å². The first-order chi connectivity index (χ1) is 17.2. The van der Waals surface area contributed by atoms with Crippen LogP contribution in [0.1, 0.15) is 35.1 Å². The lowest BCUT2D eigenvalue weighted by molar-refractivity contribution is -0.384. The van der Waals surface area contributed by atoms with Gasteiger partial charge in [-0.15, -0.1) is 0 Å². The summed E-state index contributed by atoms with van der Waals surface area (Å²) < 4.78 is 34.6. The van der Waals surface area contributed by atoms with E-state index < -0.39 is 14.9 Å². The molecule has 1 aliphatic carbocycles. The van der Waals surface area contributed by atoms with Crippen molar-refractivity contribution < 1.29 is 18.1 Å². The molecule has 0 saturated carbocycles. The lowest BCUT2D eigenvalue weighted by Crippen LogP contribution is -2.29. The number of hydrogen-bond donors (Lipinski definition) is 2. The number of nitro benzene ring substituents is 1. The molecule has 0 amide bonds. The van der Waals surface area contributed by atoms with Crippen LogP contribution in [0.15, 0.2) is 71.6 Å². The molecule has 0 radical (unpaired) electrons. The van der Waals surface area contributed by atoms with Crippen molar-refractivity contribution in [2.45, 2.75) is 30.2 Å². The summed E-state index contributed by atoms with van der Waals surface area (Å²) in [6.07, 6.45) is 4.86. The summed E-state index contributed by atoms with van der Waals surface area (Å²) in [5.74, 6) is 0.393. The Morgan fingerprint density at radius 2 is 1.92 bits per heavy atom. The van der Waals surface area contributed by atoms with Crippen LogP contribution >= 0.6 is 11.6 Å². The third kappa shape index (κ3) is 4.29. The van der Waals surface area contributed by atoms with Crippen molar-refractivity contribution >= 4 is 38.7 Å². The molecule has 1 aliphatic heterocycles. The van der Waals surface area contributed by atoms with Gasteiger partial charge in [-0.05, 0) is 66.8 Å². The van der Waals surface area contributed by atoms with Crippen LogP contribution in [0.3, 0.4) is 0 Å². The topological polar surface area (TPSA) is 111 Å². The van der Waals surface area contributed by atoms with Crippen LogP contribution in [0.25, 0.3) is 0 Å². The number of methoxy groups -OCH3 is 1. The van der Waals surface area contributed by atoms with E-state index >= 15 is 0 Å². The molecule has 3 aromatic carbocycles. The number of nitrogens with zero attached hydrogens (tertiary/aromatic N) is 1. The van der Waals surface area contributed by atoms with Crippen molar-refractivity contribution in [1.82, 2.24) is 0 Å². The van der Waals surface area contributed by atoms with Crippen LogP contribution in [0, 0.1) is 23.0 Å². The number of nitro groups is 1. The molecule has 186 valence electrons. The largest absolute Gasteiger partial charge is 0.495 e. The number of benzene rings is 3. The number of anilines is 2. The van der Waals surface area contributed by atoms with Gasteiger partial charge in [0.1, 0.15) is 5.75 Å². The molecule has 3 aromatic rings. The number of fused-ring (bicyclic) bond motifs is 3. The summed E-state index contributed by atoms with van der Waals surface area (Å²) >= 11 is 6.47. The molecule has 8 nitrogen and oxygen atoms in total. The minimum atomic E-state index is -3.89. The maximum Gasteiger partial charge on any atom is 0.269 e. The lowest BCUT2D eigenvalue weighted by atomic mass is 9.77. The standard InChI is InChI=1S/C26H24ClN3O5S/c1-15-6-11-25(35-2)24(12-15)29-36(33,34)17-8-10-23-20(14-17)18-4-3-5-19(18)26(28-23)21-13-16(30(31)32)7-9-22(21)27/h3-4,6-14,18-19,26,28-29H,5H2,1-2H3/t18-,19+,26-/m0/s1. The second-order valence-corrected chi connectivity index (χ2v) is 11.1. The van der Waals surface area contributed by atoms with Gasteiger partial charge in [0.2, 0.25) is 0 Å². The highest BCUT2D eigenvalue weighted by molar-refractivity contribution is 7.92. The fourth-order valence-corrected chi connectivity index (χ4v) is 6.37. The highest BCUT2D eigenvalue weighted by Gasteiger charge is 2.39. The average molecular weight is 526 g/mol. The van der Waals surface area contributed by atoms with E-state index in [0.29, 0.717) is 22.0 Å². The minimum Gasteiger partial charge on any atom is -0.495 e. The number of hydrogen-bond acceptors (Lipinski definition) is 6. The van der Waals surface area contributed by atoms with Crippen LogP contribution in [0.4, 0.5) is 17.1 Å². The summed E-state index contributed by atoms with van der Waals surface area (Å²) in [6.45, 7) is 1.87. The van der Waals surface area contributed by atoms with E-state index in [1.165, 1.54) is 19.2 Å². The first-order valence-electron chi connectivity index (χ1n) is 11.4. The molecule has 5 rings (SSSR count). The summed E-state index contributed by atoms with van der Waals surface area (Å²) in [7, 11) is -2.40. The molecule has 0 saturated heterocycles. The van der Waals surface area contributed by atoms with E-state index in [2.05, 4.69) is 22.2 Å². The predicted octanol–water partition coefficient (Wildman–Crippen LogP) is 6.19. The van der Waals surface area contributed by atoms with Crippen LogP contribution in [-0.4, -0.2) is 20.5 Å². The quantitative estimate of drug-likeness (QED) is 0.225. The predicted molar refractivity (Wildman–Crippen MR) is 139 cm³/mol. The number of aryl methyl sites for hydroxylation is 1. The molecular formula is C26H24ClN3O5S. The summed E-state index contributed by atoms with van der Waals surface area (Å²) in [5.41, 5.74) is 3.51. The van der Waals surface area contributed by atoms with E-state index in [1.54, 1.807) is 36.4 Å². The smallest absolute Gasteiger partial charge is 0.269 e. The van der Waals surface area contributed by atoms with Crippen molar-refractivity contribution in [3.8, 4) is 5.75 Å². The number of nitrogens with one attached hydrogen (secondary N) is 2. The second kappa shape index (κ2) is 9.15. The van der Waals surface area contributed by atoms with Crippen molar-refractivity contribution in [1.29, 1.82) is 0 Å². The number of ether oxygens (including phenoxy) is 1. The zero-order chi connectivity index (χ0) is 25.6. The summed E-state index contributed by atoms with van der Waals surface area (Å²) in [4.78, 5) is 11.1. The van der Waals surface area contributed by atoms with Gasteiger partial charge in [0.05, 0.1) is 28.7 Å². The van der Waals surface area contributed by atoms with Crippen LogP contribution in [-0.2, 0) is 10.0 Å². The molecule has 0 unspecified atom stereocenters. The van der Waals surface area contributed by atoms with Gasteiger partial charge in [-0.3, -0.25) is 14.8 Å². The Hall–Kier alpha value is -3.56. The third-order valence-electron chi connectivity index (χ3n) is 6.77. The van der Waals surface area contributed by atoms with Crippen molar-refractivity contribution in [2.75, 3.05) is 17.1 Å². The van der Waals surface area contributed by atoms with Gasteiger partial charge in [0.15, 0.2) is 0 Å². The Morgan fingerprint density at radius 3 is 2.67 bits per heavy atom. The fraction of sp³-hybridized carbons (Fsp3) is 0.231. The van der Waals surface area contributed by atoms with E-state index in [-0.39, 0.29) is 28.5 Å². The van der Waals surface area contributed by atoms with E-state index in [4.69, 9.17) is 16.3 Å². The lowest BCUT2D eigenvalue weighted by Gasteiger charge is -2.38. The van der Waals surface area contributed by atoms with Crippen molar-refractivity contribution in [3.05, 3.63) is 98.6 Å². The molecule has 0 spiro atoms.